The Hall–Kier alpha value is -0.160. The van der Waals surface area contributed by atoms with Gasteiger partial charge in [0.2, 0.25) is 0 Å². The van der Waals surface area contributed by atoms with Gasteiger partial charge in [0.05, 0.1) is 6.10 Å². The van der Waals surface area contributed by atoms with Gasteiger partial charge in [-0.1, -0.05) is 0 Å². The van der Waals surface area contributed by atoms with Crippen molar-refractivity contribution in [2.24, 2.45) is 0 Å². The number of hydrogen-bond donors (Lipinski definition) is 2. The summed E-state index contributed by atoms with van der Waals surface area (Å²) in [5.74, 6) is 0. The molecule has 1 saturated carbocycles. The zero-order chi connectivity index (χ0) is 12.2. The molecule has 0 aromatic carbocycles. The molecule has 0 bridgehead atoms. The van der Waals surface area contributed by atoms with Crippen LogP contribution in [0.5, 0.6) is 0 Å². The van der Waals surface area contributed by atoms with Gasteiger partial charge in [0.1, 0.15) is 0 Å². The van der Waals surface area contributed by atoms with E-state index in [0.29, 0.717) is 12.1 Å². The molecular weight excluding hydrogens is 202 g/mol. The first-order valence-corrected chi connectivity index (χ1v) is 6.19. The highest BCUT2D eigenvalue weighted by Gasteiger charge is 2.39. The third-order valence-electron chi connectivity index (χ3n) is 3.76. The van der Waals surface area contributed by atoms with Crippen LogP contribution in [0.2, 0.25) is 0 Å². The van der Waals surface area contributed by atoms with Crippen LogP contribution in [0.15, 0.2) is 0 Å². The van der Waals surface area contributed by atoms with Crippen LogP contribution in [0.3, 0.4) is 0 Å². The second-order valence-electron chi connectivity index (χ2n) is 5.38. The van der Waals surface area contributed by atoms with E-state index in [9.17, 15) is 5.11 Å². The lowest BCUT2D eigenvalue weighted by molar-refractivity contribution is 0.0152. The van der Waals surface area contributed by atoms with Crippen LogP contribution in [-0.2, 0) is 0 Å². The normalized spacial score (nSPS) is 21.2. The van der Waals surface area contributed by atoms with Crippen molar-refractivity contribution in [3.05, 3.63) is 0 Å². The molecule has 1 rings (SSSR count). The zero-order valence-corrected chi connectivity index (χ0v) is 11.2. The fourth-order valence-electron chi connectivity index (χ4n) is 2.56. The van der Waals surface area contributed by atoms with Gasteiger partial charge < -0.3 is 20.2 Å². The van der Waals surface area contributed by atoms with Crippen LogP contribution in [0.25, 0.3) is 0 Å². The van der Waals surface area contributed by atoms with E-state index in [-0.39, 0.29) is 6.10 Å². The number of nitrogens with zero attached hydrogens (tertiary/aromatic N) is 2. The first-order chi connectivity index (χ1) is 7.50. The lowest BCUT2D eigenvalue weighted by Gasteiger charge is -2.49. The molecule has 0 heterocycles. The number of likely N-dealkylation sites (N-methyl/N-ethyl adjacent to an activating group) is 3. The first-order valence-electron chi connectivity index (χ1n) is 6.19. The van der Waals surface area contributed by atoms with Crippen LogP contribution >= 0.6 is 0 Å². The third kappa shape index (κ3) is 3.42. The van der Waals surface area contributed by atoms with Gasteiger partial charge in [-0.05, 0) is 47.5 Å². The lowest BCUT2D eigenvalue weighted by Crippen LogP contribution is -2.57. The van der Waals surface area contributed by atoms with Crippen LogP contribution in [0, 0.1) is 0 Å². The molecule has 1 aliphatic carbocycles. The third-order valence-corrected chi connectivity index (χ3v) is 3.76. The van der Waals surface area contributed by atoms with Crippen LogP contribution < -0.4 is 5.32 Å². The Kier molecular flexibility index (Phi) is 5.18. The molecule has 4 nitrogen and oxygen atoms in total. The van der Waals surface area contributed by atoms with Gasteiger partial charge in [0, 0.05) is 25.2 Å². The van der Waals surface area contributed by atoms with Crippen molar-refractivity contribution < 1.29 is 5.11 Å². The molecule has 0 aromatic rings. The predicted octanol–water partition coefficient (Wildman–Crippen LogP) is -0.0172. The topological polar surface area (TPSA) is 38.7 Å². The quantitative estimate of drug-likeness (QED) is 0.644. The summed E-state index contributed by atoms with van der Waals surface area (Å²) >= 11 is 0. The molecule has 0 radical (unpaired) electrons. The van der Waals surface area contributed by atoms with E-state index in [1.165, 1.54) is 19.3 Å². The van der Waals surface area contributed by atoms with Gasteiger partial charge in [-0.15, -0.1) is 0 Å². The Morgan fingerprint density at radius 1 is 1.31 bits per heavy atom. The maximum atomic E-state index is 9.73. The second kappa shape index (κ2) is 5.96. The molecule has 1 aliphatic rings. The highest BCUT2D eigenvalue weighted by Crippen LogP contribution is 2.36. The summed E-state index contributed by atoms with van der Waals surface area (Å²) in [7, 11) is 8.30. The summed E-state index contributed by atoms with van der Waals surface area (Å²) in [6, 6.07) is 0. The minimum absolute atomic E-state index is 0.269. The van der Waals surface area contributed by atoms with Crippen LogP contribution in [0.4, 0.5) is 0 Å². The number of aliphatic hydroxyl groups excluding tert-OH is 1. The fraction of sp³-hybridized carbons (Fsp3) is 1.00. The monoisotopic (exact) mass is 229 g/mol. The maximum absolute atomic E-state index is 9.73. The van der Waals surface area contributed by atoms with E-state index in [0.717, 1.165) is 13.1 Å². The van der Waals surface area contributed by atoms with E-state index in [1.807, 2.05) is 7.05 Å². The van der Waals surface area contributed by atoms with Gasteiger partial charge in [-0.3, -0.25) is 0 Å². The highest BCUT2D eigenvalue weighted by atomic mass is 16.3. The van der Waals surface area contributed by atoms with Crippen molar-refractivity contribution in [3.8, 4) is 0 Å². The molecule has 4 heteroatoms. The van der Waals surface area contributed by atoms with Crippen molar-refractivity contribution in [1.82, 2.24) is 15.1 Å². The molecule has 0 spiro atoms. The summed E-state index contributed by atoms with van der Waals surface area (Å²) in [4.78, 5) is 4.60. The standard InChI is InChI=1S/C12H27N3O/c1-13-8-11(16)9-15(4)10-12(14(2)3)6-5-7-12/h11,13,16H,5-10H2,1-4H3. The molecule has 2 N–H and O–H groups in total. The van der Waals surface area contributed by atoms with E-state index in [4.69, 9.17) is 0 Å². The molecule has 1 unspecified atom stereocenters. The highest BCUT2D eigenvalue weighted by molar-refractivity contribution is 4.98. The number of nitrogens with one attached hydrogen (secondary N) is 1. The number of aliphatic hydroxyl groups is 1. The van der Waals surface area contributed by atoms with Gasteiger partial charge in [-0.2, -0.15) is 0 Å². The molecule has 0 saturated heterocycles. The molecule has 1 fully saturated rings. The smallest absolute Gasteiger partial charge is 0.0791 e. The summed E-state index contributed by atoms with van der Waals surface area (Å²) in [5.41, 5.74) is 0.355. The Bertz CT molecular complexity index is 204. The predicted molar refractivity (Wildman–Crippen MR) is 67.7 cm³/mol. The van der Waals surface area contributed by atoms with Crippen molar-refractivity contribution >= 4 is 0 Å². The van der Waals surface area contributed by atoms with Gasteiger partial charge in [0.25, 0.3) is 0 Å². The molecule has 0 amide bonds. The molecule has 0 aliphatic heterocycles. The Balaban J connectivity index is 2.35. The Morgan fingerprint density at radius 2 is 1.94 bits per heavy atom. The second-order valence-corrected chi connectivity index (χ2v) is 5.38. The summed E-state index contributed by atoms with van der Waals surface area (Å²) in [5, 5.41) is 12.7. The fourth-order valence-corrected chi connectivity index (χ4v) is 2.56. The largest absolute Gasteiger partial charge is 0.390 e. The van der Waals surface area contributed by atoms with Gasteiger partial charge in [0.15, 0.2) is 0 Å². The van der Waals surface area contributed by atoms with Crippen molar-refractivity contribution in [2.75, 3.05) is 47.8 Å². The van der Waals surface area contributed by atoms with Crippen molar-refractivity contribution in [3.63, 3.8) is 0 Å². The van der Waals surface area contributed by atoms with Crippen LogP contribution in [0.1, 0.15) is 19.3 Å². The van der Waals surface area contributed by atoms with Gasteiger partial charge in [-0.25, -0.2) is 0 Å². The Labute approximate surface area is 99.6 Å². The molecular formula is C12H27N3O. The van der Waals surface area contributed by atoms with Crippen LogP contribution in [-0.4, -0.2) is 74.4 Å². The SMILES string of the molecule is CNCC(O)CN(C)CC1(N(C)C)CCC1. The average Bonchev–Trinajstić information content (AvgIpc) is 2.10. The molecule has 0 aromatic heterocycles. The summed E-state index contributed by atoms with van der Waals surface area (Å²) < 4.78 is 0. The number of rotatable bonds is 7. The molecule has 1 atom stereocenters. The Morgan fingerprint density at radius 3 is 2.31 bits per heavy atom. The maximum Gasteiger partial charge on any atom is 0.0791 e. The van der Waals surface area contributed by atoms with Gasteiger partial charge >= 0.3 is 0 Å². The van der Waals surface area contributed by atoms with E-state index >= 15 is 0 Å². The van der Waals surface area contributed by atoms with E-state index in [1.54, 1.807) is 0 Å². The zero-order valence-electron chi connectivity index (χ0n) is 11.2. The summed E-state index contributed by atoms with van der Waals surface area (Å²) in [6.45, 7) is 2.47. The average molecular weight is 229 g/mol. The van der Waals surface area contributed by atoms with E-state index in [2.05, 4.69) is 36.3 Å². The minimum Gasteiger partial charge on any atom is -0.390 e. The molecule has 16 heavy (non-hydrogen) atoms. The van der Waals surface area contributed by atoms with E-state index < -0.39 is 0 Å². The van der Waals surface area contributed by atoms with Crippen molar-refractivity contribution in [2.45, 2.75) is 30.9 Å². The van der Waals surface area contributed by atoms with Crippen molar-refractivity contribution in [1.29, 1.82) is 0 Å². The minimum atomic E-state index is -0.269. The first kappa shape index (κ1) is 13.9. The number of hydrogen-bond acceptors (Lipinski definition) is 4. The lowest BCUT2D eigenvalue weighted by atomic mass is 9.75. The molecule has 96 valence electrons. The summed E-state index contributed by atoms with van der Waals surface area (Å²) in [6.07, 6.45) is 3.64.